The molecule has 0 saturated carbocycles. The minimum absolute atomic E-state index is 0.0569. The number of nitrogens with one attached hydrogen (secondary N) is 1. The first-order valence-electron chi connectivity index (χ1n) is 9.64. The van der Waals surface area contributed by atoms with Crippen molar-refractivity contribution in [3.8, 4) is 0 Å². The molecule has 0 radical (unpaired) electrons. The second-order valence-corrected chi connectivity index (χ2v) is 8.42. The first-order chi connectivity index (χ1) is 14.7. The van der Waals surface area contributed by atoms with Crippen LogP contribution in [0.5, 0.6) is 0 Å². The predicted molar refractivity (Wildman–Crippen MR) is 124 cm³/mol. The Morgan fingerprint density at radius 2 is 1.90 bits per heavy atom. The maximum absolute atomic E-state index is 5.79. The van der Waals surface area contributed by atoms with Crippen molar-refractivity contribution in [1.82, 2.24) is 14.9 Å². The zero-order valence-electron chi connectivity index (χ0n) is 16.0. The first kappa shape index (κ1) is 19.1. The number of thiocarbonyl (C=S) groups is 1. The second kappa shape index (κ2) is 8.08. The topological polar surface area (TPSA) is 46.2 Å². The number of hydrogen-bond acceptors (Lipinski definition) is 3. The monoisotopic (exact) mass is 478 g/mol. The molecule has 1 fully saturated rings. The lowest BCUT2D eigenvalue weighted by Crippen LogP contribution is -2.30. The van der Waals surface area contributed by atoms with Gasteiger partial charge in [-0.3, -0.25) is 4.98 Å². The summed E-state index contributed by atoms with van der Waals surface area (Å²) in [5.74, 6) is 0.908. The third-order valence-corrected chi connectivity index (χ3v) is 6.12. The van der Waals surface area contributed by atoms with Crippen LogP contribution in [-0.4, -0.2) is 14.7 Å². The molecule has 30 heavy (non-hydrogen) atoms. The fraction of sp³-hybridized carbons (Fsp3) is 0.130. The molecular formula is C23H19BrN4OS. The first-order valence-corrected chi connectivity index (χ1v) is 10.8. The number of furan rings is 1. The number of halogens is 1. The molecule has 1 saturated heterocycles. The number of benzene rings is 1. The lowest BCUT2D eigenvalue weighted by Gasteiger charge is -2.29. The maximum atomic E-state index is 5.79. The molecule has 2 atom stereocenters. The van der Waals surface area contributed by atoms with Crippen LogP contribution in [0.15, 0.2) is 94.3 Å². The van der Waals surface area contributed by atoms with Crippen molar-refractivity contribution in [3.05, 3.63) is 107 Å². The van der Waals surface area contributed by atoms with Crippen molar-refractivity contribution in [3.63, 3.8) is 0 Å². The van der Waals surface area contributed by atoms with Crippen LogP contribution < -0.4 is 10.2 Å². The molecule has 1 aromatic carbocycles. The third-order valence-electron chi connectivity index (χ3n) is 5.28. The molecule has 4 heterocycles. The van der Waals surface area contributed by atoms with Crippen molar-refractivity contribution >= 4 is 38.9 Å². The van der Waals surface area contributed by atoms with E-state index in [4.69, 9.17) is 16.6 Å². The number of aromatic nitrogens is 2. The summed E-state index contributed by atoms with van der Waals surface area (Å²) in [6, 6.07) is 22.2. The summed E-state index contributed by atoms with van der Waals surface area (Å²) in [4.78, 5) is 6.79. The Morgan fingerprint density at radius 1 is 1.03 bits per heavy atom. The molecule has 150 valence electrons. The highest BCUT2D eigenvalue weighted by atomic mass is 79.9. The van der Waals surface area contributed by atoms with Gasteiger partial charge in [-0.05, 0) is 72.9 Å². The fourth-order valence-corrected chi connectivity index (χ4v) is 4.56. The van der Waals surface area contributed by atoms with Gasteiger partial charge in [0.25, 0.3) is 0 Å². The van der Waals surface area contributed by atoms with Gasteiger partial charge >= 0.3 is 0 Å². The van der Waals surface area contributed by atoms with Crippen LogP contribution in [0.25, 0.3) is 0 Å². The van der Waals surface area contributed by atoms with Gasteiger partial charge in [-0.2, -0.15) is 0 Å². The minimum Gasteiger partial charge on any atom is -0.467 e. The number of anilines is 1. The summed E-state index contributed by atoms with van der Waals surface area (Å²) in [5, 5.41) is 4.19. The molecule has 0 aliphatic carbocycles. The van der Waals surface area contributed by atoms with E-state index in [2.05, 4.69) is 66.2 Å². The van der Waals surface area contributed by atoms with E-state index in [0.717, 1.165) is 27.3 Å². The standard InChI is InChI=1S/C23H19BrN4OS/c24-16-8-10-17(11-9-16)28-22(21(26-23(28)30)19-6-1-2-12-25-19)20-7-3-13-27(20)15-18-5-4-14-29-18/h1-14,21-22H,15H2,(H,26,30)/t21-,22-/m1/s1. The number of nitrogens with zero attached hydrogens (tertiary/aromatic N) is 3. The van der Waals surface area contributed by atoms with Crippen molar-refractivity contribution in [2.24, 2.45) is 0 Å². The normalized spacial score (nSPS) is 18.6. The summed E-state index contributed by atoms with van der Waals surface area (Å²) >= 11 is 9.32. The summed E-state index contributed by atoms with van der Waals surface area (Å²) < 4.78 is 8.83. The lowest BCUT2D eigenvalue weighted by molar-refractivity contribution is 0.475. The van der Waals surface area contributed by atoms with Crippen LogP contribution in [-0.2, 0) is 6.54 Å². The van der Waals surface area contributed by atoms with Crippen LogP contribution in [0.1, 0.15) is 29.2 Å². The molecule has 5 nitrogen and oxygen atoms in total. The largest absolute Gasteiger partial charge is 0.467 e. The molecular weight excluding hydrogens is 460 g/mol. The Bertz CT molecular complexity index is 1140. The van der Waals surface area contributed by atoms with E-state index in [1.165, 1.54) is 0 Å². The maximum Gasteiger partial charge on any atom is 0.174 e. The number of pyridine rings is 1. The number of hydrogen-bond donors (Lipinski definition) is 1. The van der Waals surface area contributed by atoms with Crippen LogP contribution in [0.2, 0.25) is 0 Å². The van der Waals surface area contributed by atoms with Crippen molar-refractivity contribution in [2.45, 2.75) is 18.6 Å². The lowest BCUT2D eigenvalue weighted by atomic mass is 10.0. The molecule has 7 heteroatoms. The third kappa shape index (κ3) is 3.55. The molecule has 1 aliphatic heterocycles. The summed E-state index contributed by atoms with van der Waals surface area (Å²) in [5.41, 5.74) is 3.12. The summed E-state index contributed by atoms with van der Waals surface area (Å²) in [6.45, 7) is 0.654. The molecule has 1 N–H and O–H groups in total. The molecule has 4 aromatic rings. The van der Waals surface area contributed by atoms with E-state index in [0.29, 0.717) is 11.7 Å². The Kier molecular flexibility index (Phi) is 5.14. The second-order valence-electron chi connectivity index (χ2n) is 7.11. The van der Waals surface area contributed by atoms with Gasteiger partial charge < -0.3 is 19.2 Å². The molecule has 0 spiro atoms. The Balaban J connectivity index is 1.60. The van der Waals surface area contributed by atoms with Crippen molar-refractivity contribution in [2.75, 3.05) is 4.90 Å². The quantitative estimate of drug-likeness (QED) is 0.385. The van der Waals surface area contributed by atoms with Crippen LogP contribution in [0, 0.1) is 0 Å². The Labute approximate surface area is 188 Å². The highest BCUT2D eigenvalue weighted by Crippen LogP contribution is 2.41. The highest BCUT2D eigenvalue weighted by Gasteiger charge is 2.42. The van der Waals surface area contributed by atoms with E-state index in [1.54, 1.807) is 6.26 Å². The van der Waals surface area contributed by atoms with Gasteiger partial charge in [0.15, 0.2) is 5.11 Å². The number of rotatable bonds is 5. The van der Waals surface area contributed by atoms with Gasteiger partial charge in [-0.15, -0.1) is 0 Å². The van der Waals surface area contributed by atoms with E-state index in [1.807, 2.05) is 48.7 Å². The van der Waals surface area contributed by atoms with Gasteiger partial charge in [-0.1, -0.05) is 22.0 Å². The van der Waals surface area contributed by atoms with Crippen molar-refractivity contribution < 1.29 is 4.42 Å². The average molecular weight is 479 g/mol. The van der Waals surface area contributed by atoms with Gasteiger partial charge in [-0.25, -0.2) is 0 Å². The molecule has 0 bridgehead atoms. The van der Waals surface area contributed by atoms with E-state index in [9.17, 15) is 0 Å². The summed E-state index contributed by atoms with van der Waals surface area (Å²) in [6.07, 6.45) is 5.60. The summed E-state index contributed by atoms with van der Waals surface area (Å²) in [7, 11) is 0. The smallest absolute Gasteiger partial charge is 0.174 e. The average Bonchev–Trinajstić information content (AvgIpc) is 3.50. The molecule has 3 aromatic heterocycles. The Morgan fingerprint density at radius 3 is 2.63 bits per heavy atom. The van der Waals surface area contributed by atoms with Crippen LogP contribution in [0.4, 0.5) is 5.69 Å². The molecule has 0 unspecified atom stereocenters. The van der Waals surface area contributed by atoms with Gasteiger partial charge in [0, 0.05) is 28.2 Å². The SMILES string of the molecule is S=C1N[C@H](c2ccccn2)[C@@H](c2cccn2Cc2ccco2)N1c1ccc(Br)cc1. The zero-order valence-corrected chi connectivity index (χ0v) is 18.4. The van der Waals surface area contributed by atoms with Gasteiger partial charge in [0.05, 0.1) is 24.5 Å². The molecule has 1 aliphatic rings. The van der Waals surface area contributed by atoms with E-state index >= 15 is 0 Å². The van der Waals surface area contributed by atoms with Gasteiger partial charge in [0.2, 0.25) is 0 Å². The van der Waals surface area contributed by atoms with Crippen molar-refractivity contribution in [1.29, 1.82) is 0 Å². The molecule has 0 amide bonds. The highest BCUT2D eigenvalue weighted by molar-refractivity contribution is 9.10. The van der Waals surface area contributed by atoms with E-state index < -0.39 is 0 Å². The predicted octanol–water partition coefficient (Wildman–Crippen LogP) is 5.46. The zero-order chi connectivity index (χ0) is 20.5. The van der Waals surface area contributed by atoms with Crippen LogP contribution >= 0.6 is 28.1 Å². The molecule has 5 rings (SSSR count). The van der Waals surface area contributed by atoms with Gasteiger partial charge in [0.1, 0.15) is 11.8 Å². The van der Waals surface area contributed by atoms with Crippen LogP contribution in [0.3, 0.4) is 0 Å². The van der Waals surface area contributed by atoms with E-state index in [-0.39, 0.29) is 12.1 Å². The Hall–Kier alpha value is -2.90. The fourth-order valence-electron chi connectivity index (χ4n) is 3.95. The minimum atomic E-state index is -0.0763.